The number of nitrogens with zero attached hydrogens (tertiary/aromatic N) is 4. The zero-order valence-electron chi connectivity index (χ0n) is 22.5. The van der Waals surface area contributed by atoms with Crippen molar-refractivity contribution < 1.29 is 4.79 Å². The SMILES string of the molecule is Cc1ccc(C(=O)N(CCCN)C(c2nn(Cc3ccccc3)c(=O)n2Cc2ccccc2)C(C)C)cc1. The standard InChI is InChI=1S/C31H37N5O2/c1-23(2)28(34(20-10-19-32)30(37)27-17-15-24(3)16-18-27)29-33-36(22-26-13-8-5-9-14-26)31(38)35(29)21-25-11-6-4-7-12-25/h4-9,11-18,23,28H,10,19-22,32H2,1-3H3. The lowest BCUT2D eigenvalue weighted by Crippen LogP contribution is -2.40. The Kier molecular flexibility index (Phi) is 8.92. The van der Waals surface area contributed by atoms with E-state index in [0.717, 1.165) is 16.7 Å². The van der Waals surface area contributed by atoms with Crippen LogP contribution in [0.4, 0.5) is 0 Å². The molecule has 0 aliphatic rings. The average Bonchev–Trinajstić information content (AvgIpc) is 3.21. The number of hydrogen-bond donors (Lipinski definition) is 1. The van der Waals surface area contributed by atoms with E-state index in [9.17, 15) is 9.59 Å². The highest BCUT2D eigenvalue weighted by Crippen LogP contribution is 2.29. The van der Waals surface area contributed by atoms with Gasteiger partial charge in [-0.15, -0.1) is 0 Å². The Hall–Kier alpha value is -3.97. The number of aromatic nitrogens is 3. The van der Waals surface area contributed by atoms with Gasteiger partial charge in [0.25, 0.3) is 5.91 Å². The lowest BCUT2D eigenvalue weighted by Gasteiger charge is -2.34. The first kappa shape index (κ1) is 27.1. The Bertz CT molecular complexity index is 1380. The minimum absolute atomic E-state index is 0.00340. The molecule has 1 heterocycles. The van der Waals surface area contributed by atoms with E-state index in [1.54, 1.807) is 4.57 Å². The van der Waals surface area contributed by atoms with Gasteiger partial charge in [-0.25, -0.2) is 9.48 Å². The van der Waals surface area contributed by atoms with Crippen LogP contribution in [0.1, 0.15) is 59.2 Å². The summed E-state index contributed by atoms with van der Waals surface area (Å²) >= 11 is 0. The number of hydrogen-bond acceptors (Lipinski definition) is 4. The molecule has 0 aliphatic heterocycles. The lowest BCUT2D eigenvalue weighted by atomic mass is 9.99. The molecule has 0 fully saturated rings. The minimum atomic E-state index is -0.413. The predicted molar refractivity (Wildman–Crippen MR) is 151 cm³/mol. The molecule has 1 amide bonds. The third kappa shape index (κ3) is 6.29. The van der Waals surface area contributed by atoms with Crippen molar-refractivity contribution in [3.63, 3.8) is 0 Å². The van der Waals surface area contributed by atoms with E-state index in [0.29, 0.717) is 44.0 Å². The van der Waals surface area contributed by atoms with Crippen LogP contribution in [-0.2, 0) is 13.1 Å². The van der Waals surface area contributed by atoms with Gasteiger partial charge in [-0.3, -0.25) is 9.36 Å². The molecule has 38 heavy (non-hydrogen) atoms. The Labute approximate surface area is 224 Å². The number of benzene rings is 3. The van der Waals surface area contributed by atoms with Gasteiger partial charge in [0.05, 0.1) is 19.1 Å². The smallest absolute Gasteiger partial charge is 0.330 e. The van der Waals surface area contributed by atoms with Crippen LogP contribution in [0.2, 0.25) is 0 Å². The monoisotopic (exact) mass is 511 g/mol. The van der Waals surface area contributed by atoms with Crippen molar-refractivity contribution in [3.05, 3.63) is 123 Å². The maximum atomic E-state index is 13.9. The molecule has 0 bridgehead atoms. The summed E-state index contributed by atoms with van der Waals surface area (Å²) in [6.45, 7) is 7.79. The van der Waals surface area contributed by atoms with Crippen LogP contribution in [0.5, 0.6) is 0 Å². The van der Waals surface area contributed by atoms with E-state index in [2.05, 4.69) is 13.8 Å². The maximum Gasteiger partial charge on any atom is 0.346 e. The minimum Gasteiger partial charge on any atom is -0.330 e. The first-order chi connectivity index (χ1) is 18.4. The molecule has 7 heteroatoms. The maximum absolute atomic E-state index is 13.9. The molecule has 3 aromatic carbocycles. The fourth-order valence-corrected chi connectivity index (χ4v) is 4.74. The second kappa shape index (κ2) is 12.5. The van der Waals surface area contributed by atoms with Crippen molar-refractivity contribution in [2.24, 2.45) is 11.7 Å². The van der Waals surface area contributed by atoms with E-state index < -0.39 is 6.04 Å². The molecule has 198 valence electrons. The number of carbonyl (C=O) groups excluding carboxylic acids is 1. The summed E-state index contributed by atoms with van der Waals surface area (Å²) in [5.74, 6) is 0.499. The third-order valence-electron chi connectivity index (χ3n) is 6.70. The molecule has 0 aliphatic carbocycles. The third-order valence-corrected chi connectivity index (χ3v) is 6.70. The number of amides is 1. The summed E-state index contributed by atoms with van der Waals surface area (Å²) in [6, 6.07) is 26.9. The largest absolute Gasteiger partial charge is 0.346 e. The van der Waals surface area contributed by atoms with Crippen molar-refractivity contribution in [1.29, 1.82) is 0 Å². The van der Waals surface area contributed by atoms with Crippen molar-refractivity contribution in [1.82, 2.24) is 19.2 Å². The molecule has 2 N–H and O–H groups in total. The van der Waals surface area contributed by atoms with Crippen molar-refractivity contribution in [2.45, 2.75) is 46.3 Å². The van der Waals surface area contributed by atoms with E-state index in [1.807, 2.05) is 96.8 Å². The van der Waals surface area contributed by atoms with Crippen LogP contribution in [0.3, 0.4) is 0 Å². The Morgan fingerprint density at radius 2 is 1.47 bits per heavy atom. The quantitative estimate of drug-likeness (QED) is 0.318. The number of carbonyl (C=O) groups is 1. The van der Waals surface area contributed by atoms with E-state index >= 15 is 0 Å². The normalized spacial score (nSPS) is 12.0. The Morgan fingerprint density at radius 3 is 2.03 bits per heavy atom. The molecule has 1 aromatic heterocycles. The van der Waals surface area contributed by atoms with Gasteiger partial charge in [0.15, 0.2) is 5.82 Å². The van der Waals surface area contributed by atoms with Gasteiger partial charge >= 0.3 is 5.69 Å². The van der Waals surface area contributed by atoms with Crippen LogP contribution >= 0.6 is 0 Å². The Balaban J connectivity index is 1.82. The fourth-order valence-electron chi connectivity index (χ4n) is 4.74. The van der Waals surface area contributed by atoms with Gasteiger partial charge in [-0.2, -0.15) is 5.10 Å². The van der Waals surface area contributed by atoms with Gasteiger partial charge < -0.3 is 10.6 Å². The molecule has 4 rings (SSSR count). The number of rotatable bonds is 11. The first-order valence-corrected chi connectivity index (χ1v) is 13.2. The van der Waals surface area contributed by atoms with Crippen LogP contribution in [0.15, 0.2) is 89.7 Å². The number of aryl methyl sites for hydroxylation is 1. The molecule has 7 nitrogen and oxygen atoms in total. The molecular weight excluding hydrogens is 474 g/mol. The summed E-state index contributed by atoms with van der Waals surface area (Å²) in [4.78, 5) is 29.5. The zero-order chi connectivity index (χ0) is 27.1. The number of nitrogens with two attached hydrogens (primary N) is 1. The second-order valence-electron chi connectivity index (χ2n) is 10.1. The summed E-state index contributed by atoms with van der Waals surface area (Å²) in [6.07, 6.45) is 0.647. The molecule has 1 atom stereocenters. The topological polar surface area (TPSA) is 86.2 Å². The van der Waals surface area contributed by atoms with Gasteiger partial charge in [-0.1, -0.05) is 92.2 Å². The van der Waals surface area contributed by atoms with Crippen LogP contribution in [0, 0.1) is 12.8 Å². The lowest BCUT2D eigenvalue weighted by molar-refractivity contribution is 0.0603. The summed E-state index contributed by atoms with van der Waals surface area (Å²) in [5, 5.41) is 4.88. The summed E-state index contributed by atoms with van der Waals surface area (Å²) < 4.78 is 3.24. The summed E-state index contributed by atoms with van der Waals surface area (Å²) in [5.41, 5.74) is 9.37. The van der Waals surface area contributed by atoms with Crippen molar-refractivity contribution >= 4 is 5.91 Å². The Morgan fingerprint density at radius 1 is 0.895 bits per heavy atom. The fraction of sp³-hybridized carbons (Fsp3) is 0.323. The molecule has 0 saturated carbocycles. The highest BCUT2D eigenvalue weighted by Gasteiger charge is 2.33. The highest BCUT2D eigenvalue weighted by molar-refractivity contribution is 5.94. The first-order valence-electron chi connectivity index (χ1n) is 13.2. The molecule has 0 saturated heterocycles. The zero-order valence-corrected chi connectivity index (χ0v) is 22.5. The van der Waals surface area contributed by atoms with Crippen LogP contribution in [0.25, 0.3) is 0 Å². The van der Waals surface area contributed by atoms with E-state index in [-0.39, 0.29) is 17.5 Å². The molecule has 4 aromatic rings. The summed E-state index contributed by atoms with van der Waals surface area (Å²) in [7, 11) is 0. The van der Waals surface area contributed by atoms with E-state index in [4.69, 9.17) is 10.8 Å². The average molecular weight is 512 g/mol. The van der Waals surface area contributed by atoms with Gasteiger partial charge in [-0.05, 0) is 49.1 Å². The molecule has 0 spiro atoms. The van der Waals surface area contributed by atoms with Gasteiger partial charge in [0.2, 0.25) is 0 Å². The van der Waals surface area contributed by atoms with Crippen molar-refractivity contribution in [3.8, 4) is 0 Å². The van der Waals surface area contributed by atoms with Crippen molar-refractivity contribution in [2.75, 3.05) is 13.1 Å². The van der Waals surface area contributed by atoms with Crippen LogP contribution in [-0.4, -0.2) is 38.2 Å². The molecule has 1 unspecified atom stereocenters. The molecule has 0 radical (unpaired) electrons. The van der Waals surface area contributed by atoms with E-state index in [1.165, 1.54) is 4.68 Å². The van der Waals surface area contributed by atoms with Gasteiger partial charge in [0, 0.05) is 12.1 Å². The molecular formula is C31H37N5O2. The predicted octanol–water partition coefficient (Wildman–Crippen LogP) is 4.64. The second-order valence-corrected chi connectivity index (χ2v) is 10.1. The highest BCUT2D eigenvalue weighted by atomic mass is 16.2. The van der Waals surface area contributed by atoms with Gasteiger partial charge in [0.1, 0.15) is 0 Å². The van der Waals surface area contributed by atoms with Crippen LogP contribution < -0.4 is 11.4 Å².